The number of hydrogen-bond donors (Lipinski definition) is 3. The summed E-state index contributed by atoms with van der Waals surface area (Å²) in [5.74, 6) is 0.337. The SMILES string of the molecule is Cc1cn([C@H]2SC[C@](C)(O)[C@@H]2O)c(=O)[nH]c1=O. The number of nitrogens with zero attached hydrogens (tertiary/aromatic N) is 1. The van der Waals surface area contributed by atoms with Crippen LogP contribution in [0.5, 0.6) is 0 Å². The summed E-state index contributed by atoms with van der Waals surface area (Å²) in [6, 6.07) is 0. The highest BCUT2D eigenvalue weighted by Gasteiger charge is 2.45. The van der Waals surface area contributed by atoms with Crippen molar-refractivity contribution in [2.75, 3.05) is 5.75 Å². The number of thioether (sulfide) groups is 1. The maximum absolute atomic E-state index is 11.6. The van der Waals surface area contributed by atoms with Crippen LogP contribution < -0.4 is 11.2 Å². The van der Waals surface area contributed by atoms with Crippen LogP contribution in [0.4, 0.5) is 0 Å². The predicted octanol–water partition coefficient (Wildman–Crippen LogP) is -0.798. The van der Waals surface area contributed by atoms with Crippen LogP contribution in [0.2, 0.25) is 0 Å². The summed E-state index contributed by atoms with van der Waals surface area (Å²) >= 11 is 1.28. The van der Waals surface area contributed by atoms with Crippen molar-refractivity contribution in [1.82, 2.24) is 9.55 Å². The first-order chi connectivity index (χ1) is 7.83. The Morgan fingerprint density at radius 3 is 2.76 bits per heavy atom. The Labute approximate surface area is 101 Å². The first-order valence-corrected chi connectivity index (χ1v) is 6.22. The highest BCUT2D eigenvalue weighted by molar-refractivity contribution is 7.99. The smallest absolute Gasteiger partial charge is 0.329 e. The third kappa shape index (κ3) is 2.05. The highest BCUT2D eigenvalue weighted by Crippen LogP contribution is 2.41. The second-order valence-electron chi connectivity index (χ2n) is 4.48. The van der Waals surface area contributed by atoms with E-state index in [0.717, 1.165) is 0 Å². The Morgan fingerprint density at radius 1 is 1.59 bits per heavy atom. The topological polar surface area (TPSA) is 95.3 Å². The van der Waals surface area contributed by atoms with Crippen molar-refractivity contribution in [2.45, 2.75) is 30.9 Å². The van der Waals surface area contributed by atoms with Gasteiger partial charge in [-0.15, -0.1) is 11.8 Å². The van der Waals surface area contributed by atoms with Crippen molar-refractivity contribution >= 4 is 11.8 Å². The van der Waals surface area contributed by atoms with Gasteiger partial charge >= 0.3 is 5.69 Å². The van der Waals surface area contributed by atoms with Gasteiger partial charge in [0.05, 0.1) is 5.60 Å². The van der Waals surface area contributed by atoms with E-state index in [2.05, 4.69) is 4.98 Å². The zero-order valence-electron chi connectivity index (χ0n) is 9.51. The lowest BCUT2D eigenvalue weighted by Gasteiger charge is -2.23. The summed E-state index contributed by atoms with van der Waals surface area (Å²) in [6.07, 6.45) is 0.360. The first kappa shape index (κ1) is 12.4. The van der Waals surface area contributed by atoms with Crippen molar-refractivity contribution in [3.63, 3.8) is 0 Å². The van der Waals surface area contributed by atoms with Crippen molar-refractivity contribution in [2.24, 2.45) is 0 Å². The van der Waals surface area contributed by atoms with E-state index in [0.29, 0.717) is 11.3 Å². The molecule has 0 radical (unpaired) electrons. The second-order valence-corrected chi connectivity index (χ2v) is 5.59. The van der Waals surface area contributed by atoms with E-state index in [1.807, 2.05) is 0 Å². The van der Waals surface area contributed by atoms with Crippen LogP contribution in [-0.4, -0.2) is 37.2 Å². The van der Waals surface area contributed by atoms with E-state index >= 15 is 0 Å². The maximum atomic E-state index is 11.6. The molecule has 0 unspecified atom stereocenters. The lowest BCUT2D eigenvalue weighted by molar-refractivity contribution is -0.0446. The molecule has 0 amide bonds. The quantitative estimate of drug-likeness (QED) is 0.613. The van der Waals surface area contributed by atoms with Crippen LogP contribution in [0.1, 0.15) is 17.9 Å². The van der Waals surface area contributed by atoms with E-state index in [1.54, 1.807) is 6.92 Å². The molecule has 0 saturated carbocycles. The Balaban J connectivity index is 2.46. The number of aliphatic hydroxyl groups excluding tert-OH is 1. The predicted molar refractivity (Wildman–Crippen MR) is 64.2 cm³/mol. The molecule has 1 saturated heterocycles. The van der Waals surface area contributed by atoms with E-state index in [-0.39, 0.29) is 0 Å². The van der Waals surface area contributed by atoms with Gasteiger partial charge < -0.3 is 10.2 Å². The number of aromatic nitrogens is 2. The summed E-state index contributed by atoms with van der Waals surface area (Å²) in [4.78, 5) is 25.0. The van der Waals surface area contributed by atoms with Crippen molar-refractivity contribution in [3.05, 3.63) is 32.6 Å². The van der Waals surface area contributed by atoms with Crippen LogP contribution in [-0.2, 0) is 0 Å². The Kier molecular flexibility index (Phi) is 2.92. The minimum atomic E-state index is -1.22. The maximum Gasteiger partial charge on any atom is 0.329 e. The molecule has 7 heteroatoms. The molecule has 1 fully saturated rings. The van der Waals surface area contributed by atoms with E-state index in [9.17, 15) is 19.8 Å². The molecule has 0 bridgehead atoms. The molecular formula is C10H14N2O4S. The molecule has 1 aliphatic rings. The number of aromatic amines is 1. The molecular weight excluding hydrogens is 244 g/mol. The zero-order valence-corrected chi connectivity index (χ0v) is 10.3. The number of hydrogen-bond acceptors (Lipinski definition) is 5. The van der Waals surface area contributed by atoms with Gasteiger partial charge in [-0.3, -0.25) is 14.3 Å². The fourth-order valence-corrected chi connectivity index (χ4v) is 3.22. The molecule has 1 aromatic heterocycles. The third-order valence-corrected chi connectivity index (χ3v) is 4.45. The molecule has 1 aliphatic heterocycles. The van der Waals surface area contributed by atoms with Gasteiger partial charge in [0.1, 0.15) is 11.5 Å². The van der Waals surface area contributed by atoms with Gasteiger partial charge in [-0.25, -0.2) is 4.79 Å². The molecule has 1 aromatic rings. The van der Waals surface area contributed by atoms with E-state index < -0.39 is 28.3 Å². The number of rotatable bonds is 1. The summed E-state index contributed by atoms with van der Waals surface area (Å²) in [5, 5.41) is 19.2. The van der Waals surface area contributed by atoms with Crippen LogP contribution in [0.3, 0.4) is 0 Å². The van der Waals surface area contributed by atoms with E-state index in [1.165, 1.54) is 29.4 Å². The Bertz CT molecular complexity index is 548. The number of aliphatic hydroxyl groups is 2. The summed E-state index contributed by atoms with van der Waals surface area (Å²) in [5.41, 5.74) is -1.84. The molecule has 0 spiro atoms. The van der Waals surface area contributed by atoms with Gasteiger partial charge in [0.25, 0.3) is 5.56 Å². The number of H-pyrrole nitrogens is 1. The van der Waals surface area contributed by atoms with Gasteiger partial charge in [-0.2, -0.15) is 0 Å². The van der Waals surface area contributed by atoms with Crippen LogP contribution in [0, 0.1) is 6.92 Å². The van der Waals surface area contributed by atoms with E-state index in [4.69, 9.17) is 0 Å². The average Bonchev–Trinajstić information content (AvgIpc) is 2.49. The number of aryl methyl sites for hydroxylation is 1. The molecule has 2 heterocycles. The van der Waals surface area contributed by atoms with Gasteiger partial charge in [-0.1, -0.05) is 0 Å². The fraction of sp³-hybridized carbons (Fsp3) is 0.600. The summed E-state index contributed by atoms with van der Waals surface area (Å²) in [7, 11) is 0. The highest BCUT2D eigenvalue weighted by atomic mass is 32.2. The lowest BCUT2D eigenvalue weighted by atomic mass is 10.0. The second kappa shape index (κ2) is 4.01. The molecule has 94 valence electrons. The van der Waals surface area contributed by atoms with Gasteiger partial charge in [-0.05, 0) is 13.8 Å². The first-order valence-electron chi connectivity index (χ1n) is 5.17. The van der Waals surface area contributed by atoms with Crippen LogP contribution >= 0.6 is 11.8 Å². The normalized spacial score (nSPS) is 32.9. The average molecular weight is 258 g/mol. The molecule has 0 aromatic carbocycles. The standard InChI is InChI=1S/C10H14N2O4S/c1-5-3-12(9(15)11-7(5)14)8-6(13)10(2,16)4-17-8/h3,6,8,13,16H,4H2,1-2H3,(H,11,14,15)/t6-,8+,10+/m1/s1. The van der Waals surface area contributed by atoms with Crippen LogP contribution in [0.15, 0.2) is 15.8 Å². The van der Waals surface area contributed by atoms with Gasteiger partial charge in [0.2, 0.25) is 0 Å². The number of nitrogens with one attached hydrogen (secondary N) is 1. The summed E-state index contributed by atoms with van der Waals surface area (Å²) in [6.45, 7) is 3.10. The molecule has 0 aliphatic carbocycles. The minimum Gasteiger partial charge on any atom is -0.387 e. The third-order valence-electron chi connectivity index (χ3n) is 2.87. The summed E-state index contributed by atoms with van der Waals surface area (Å²) < 4.78 is 1.26. The zero-order chi connectivity index (χ0) is 12.8. The molecule has 3 N–H and O–H groups in total. The van der Waals surface area contributed by atoms with Crippen molar-refractivity contribution in [3.8, 4) is 0 Å². The van der Waals surface area contributed by atoms with Gasteiger partial charge in [0, 0.05) is 17.5 Å². The van der Waals surface area contributed by atoms with Crippen molar-refractivity contribution < 1.29 is 10.2 Å². The van der Waals surface area contributed by atoms with Gasteiger partial charge in [0.15, 0.2) is 0 Å². The minimum absolute atomic E-state index is 0.337. The molecule has 6 nitrogen and oxygen atoms in total. The Hall–Kier alpha value is -1.05. The monoisotopic (exact) mass is 258 g/mol. The largest absolute Gasteiger partial charge is 0.387 e. The molecule has 2 rings (SSSR count). The Morgan fingerprint density at radius 2 is 2.24 bits per heavy atom. The van der Waals surface area contributed by atoms with Crippen LogP contribution in [0.25, 0.3) is 0 Å². The fourth-order valence-electron chi connectivity index (χ4n) is 1.75. The van der Waals surface area contributed by atoms with Crippen molar-refractivity contribution in [1.29, 1.82) is 0 Å². The molecule has 3 atom stereocenters. The molecule has 17 heavy (non-hydrogen) atoms. The lowest BCUT2D eigenvalue weighted by Crippen LogP contribution is -2.42.